The van der Waals surface area contributed by atoms with Crippen molar-refractivity contribution in [2.24, 2.45) is 0 Å². The summed E-state index contributed by atoms with van der Waals surface area (Å²) in [5.74, 6) is 0. The minimum atomic E-state index is -1.72. The van der Waals surface area contributed by atoms with Gasteiger partial charge in [-0.1, -0.05) is 238 Å². The van der Waals surface area contributed by atoms with Crippen LogP contribution in [-0.2, 0) is 0 Å². The SMILES string of the molecule is CCCC[Si](CCCC)(CCCC)c1ccc(P(Pc2ccc([Si](CCCC)(CCCC)CCCC)cc2-c2ccccc2SC)N(c2ccccc2SC)C(C)C)cc1. The number of benzene rings is 4. The Morgan fingerprint density at radius 1 is 0.517 bits per heavy atom. The van der Waals surface area contributed by atoms with Crippen molar-refractivity contribution in [3.05, 3.63) is 91.0 Å². The predicted octanol–water partition coefficient (Wildman–Crippen LogP) is 16.8. The highest BCUT2D eigenvalue weighted by atomic mass is 32.2. The Kier molecular flexibility index (Phi) is 23.2. The largest absolute Gasteiger partial charge is 0.340 e. The lowest BCUT2D eigenvalue weighted by molar-refractivity contribution is 0.800. The van der Waals surface area contributed by atoms with Crippen LogP contribution in [0.15, 0.2) is 101 Å². The Labute approximate surface area is 383 Å². The van der Waals surface area contributed by atoms with Gasteiger partial charge in [-0.05, 0) is 69.3 Å². The molecule has 0 radical (unpaired) electrons. The lowest BCUT2D eigenvalue weighted by Crippen LogP contribution is -2.48. The van der Waals surface area contributed by atoms with Crippen LogP contribution < -0.4 is 25.7 Å². The van der Waals surface area contributed by atoms with Gasteiger partial charge < -0.3 is 4.67 Å². The van der Waals surface area contributed by atoms with E-state index in [0.717, 1.165) is 0 Å². The molecule has 0 fully saturated rings. The maximum atomic E-state index is 2.85. The molecular formula is C53H83NP2S2Si2. The van der Waals surface area contributed by atoms with Crippen molar-refractivity contribution in [2.45, 2.75) is 185 Å². The Hall–Kier alpha value is -1.33. The average Bonchev–Trinajstić information content (AvgIpc) is 3.28. The zero-order valence-electron chi connectivity index (χ0n) is 39.7. The highest BCUT2D eigenvalue weighted by molar-refractivity contribution is 8.28. The summed E-state index contributed by atoms with van der Waals surface area (Å²) in [5.41, 5.74) is 4.34. The van der Waals surface area contributed by atoms with Gasteiger partial charge >= 0.3 is 0 Å². The first-order chi connectivity index (χ1) is 29.2. The minimum Gasteiger partial charge on any atom is -0.340 e. The predicted molar refractivity (Wildman–Crippen MR) is 290 cm³/mol. The van der Waals surface area contributed by atoms with E-state index in [2.05, 4.69) is 164 Å². The molecule has 1 nitrogen and oxygen atoms in total. The minimum absolute atomic E-state index is 0.363. The number of thioether (sulfide) groups is 2. The summed E-state index contributed by atoms with van der Waals surface area (Å²) < 4.78 is 2.85. The Balaban J connectivity index is 2.00. The smallest absolute Gasteiger partial charge is 0.0867 e. The molecule has 0 bridgehead atoms. The summed E-state index contributed by atoms with van der Waals surface area (Å²) in [6.45, 7) is 19.3. The third-order valence-corrected chi connectivity index (χ3v) is 31.2. The number of hydrogen-bond donors (Lipinski definition) is 0. The normalized spacial score (nSPS) is 12.8. The van der Waals surface area contributed by atoms with Gasteiger partial charge in [0.25, 0.3) is 0 Å². The number of anilines is 1. The molecule has 0 amide bonds. The zero-order chi connectivity index (χ0) is 43.4. The quantitative estimate of drug-likeness (QED) is 0.0304. The van der Waals surface area contributed by atoms with E-state index in [1.807, 2.05) is 23.5 Å². The summed E-state index contributed by atoms with van der Waals surface area (Å²) in [6, 6.07) is 46.2. The van der Waals surface area contributed by atoms with Crippen molar-refractivity contribution in [1.82, 2.24) is 0 Å². The fraction of sp³-hybridized carbons (Fsp3) is 0.547. The number of hydrogen-bond acceptors (Lipinski definition) is 3. The highest BCUT2D eigenvalue weighted by Gasteiger charge is 2.36. The van der Waals surface area contributed by atoms with Gasteiger partial charge in [0.2, 0.25) is 0 Å². The molecule has 330 valence electrons. The molecule has 60 heavy (non-hydrogen) atoms. The molecule has 4 aromatic carbocycles. The second kappa shape index (κ2) is 27.1. The summed E-state index contributed by atoms with van der Waals surface area (Å²) in [6.07, 6.45) is 20.5. The highest BCUT2D eigenvalue weighted by Crippen LogP contribution is 2.61. The summed E-state index contributed by atoms with van der Waals surface area (Å²) >= 11 is 3.81. The monoisotopic (exact) mass is 915 g/mol. The molecule has 0 saturated carbocycles. The van der Waals surface area contributed by atoms with Gasteiger partial charge in [0.15, 0.2) is 0 Å². The van der Waals surface area contributed by atoms with Gasteiger partial charge in [-0.2, -0.15) is 0 Å². The van der Waals surface area contributed by atoms with Crippen LogP contribution in [0.5, 0.6) is 0 Å². The van der Waals surface area contributed by atoms with E-state index in [1.165, 1.54) is 145 Å². The van der Waals surface area contributed by atoms with Gasteiger partial charge in [-0.25, -0.2) is 0 Å². The molecule has 0 heterocycles. The molecule has 2 unspecified atom stereocenters. The first-order valence-electron chi connectivity index (χ1n) is 24.1. The van der Waals surface area contributed by atoms with Gasteiger partial charge in [-0.3, -0.25) is 0 Å². The Morgan fingerprint density at radius 3 is 1.42 bits per heavy atom. The number of rotatable bonds is 29. The van der Waals surface area contributed by atoms with Crippen LogP contribution in [0.4, 0.5) is 5.69 Å². The average molecular weight is 917 g/mol. The molecule has 0 aromatic heterocycles. The van der Waals surface area contributed by atoms with Crippen molar-refractivity contribution in [3.63, 3.8) is 0 Å². The molecule has 0 spiro atoms. The zero-order valence-corrected chi connectivity index (χ0v) is 45.2. The third-order valence-electron chi connectivity index (χ3n) is 13.1. The van der Waals surface area contributed by atoms with E-state index in [4.69, 9.17) is 0 Å². The van der Waals surface area contributed by atoms with Crippen LogP contribution in [0, 0.1) is 0 Å². The first-order valence-corrected chi connectivity index (χ1v) is 34.9. The van der Waals surface area contributed by atoms with Crippen LogP contribution in [0.2, 0.25) is 36.3 Å². The fourth-order valence-electron chi connectivity index (χ4n) is 9.52. The second-order valence-electron chi connectivity index (χ2n) is 17.7. The summed E-state index contributed by atoms with van der Waals surface area (Å²) in [7, 11) is -3.41. The molecular weight excluding hydrogens is 833 g/mol. The number of para-hydroxylation sites is 1. The molecule has 2 atom stereocenters. The Bertz CT molecular complexity index is 1770. The maximum absolute atomic E-state index is 2.85. The van der Waals surface area contributed by atoms with E-state index in [0.29, 0.717) is 14.3 Å². The van der Waals surface area contributed by atoms with E-state index < -0.39 is 23.9 Å². The third kappa shape index (κ3) is 13.6. The van der Waals surface area contributed by atoms with E-state index in [9.17, 15) is 0 Å². The molecule has 0 aliphatic carbocycles. The fourth-order valence-corrected chi connectivity index (χ4v) is 27.9. The van der Waals surface area contributed by atoms with Crippen molar-refractivity contribution >= 4 is 82.4 Å². The van der Waals surface area contributed by atoms with E-state index in [1.54, 1.807) is 15.7 Å². The lowest BCUT2D eigenvalue weighted by Gasteiger charge is -2.39. The molecule has 0 aliphatic rings. The van der Waals surface area contributed by atoms with Crippen molar-refractivity contribution < 1.29 is 0 Å². The first kappa shape index (κ1) is 51.3. The van der Waals surface area contributed by atoms with Gasteiger partial charge in [0, 0.05) is 28.9 Å². The van der Waals surface area contributed by atoms with Crippen molar-refractivity contribution in [2.75, 3.05) is 17.2 Å². The van der Waals surface area contributed by atoms with Gasteiger partial charge in [0.05, 0.1) is 21.8 Å². The van der Waals surface area contributed by atoms with Crippen LogP contribution in [0.25, 0.3) is 11.1 Å². The van der Waals surface area contributed by atoms with Crippen LogP contribution in [0.1, 0.15) is 132 Å². The van der Waals surface area contributed by atoms with Crippen LogP contribution >= 0.6 is 39.6 Å². The topological polar surface area (TPSA) is 3.24 Å². The molecule has 0 N–H and O–H groups in total. The van der Waals surface area contributed by atoms with Crippen molar-refractivity contribution in [3.8, 4) is 11.1 Å². The van der Waals surface area contributed by atoms with Gasteiger partial charge in [-0.15, -0.1) is 23.5 Å². The summed E-state index contributed by atoms with van der Waals surface area (Å²) in [4.78, 5) is 2.78. The standard InChI is InChI=1S/C53H83NP2S2Si2/c1-11-17-37-59(38-18-12-2,39-19-13-3)46-33-31-45(32-34-46)56(54(44(7)8)50-28-24-26-30-53(50)58-10)55-51-36-35-47(43-49(51)48-27-23-25-29-52(48)57-9)60(40-20-14-4,41-21-15-5)42-22-16-6/h23-36,43-44,55H,11-22,37-42H2,1-10H3. The summed E-state index contributed by atoms with van der Waals surface area (Å²) in [5, 5.41) is 6.54. The molecule has 0 aliphatic heterocycles. The molecule has 4 aromatic rings. The maximum Gasteiger partial charge on any atom is 0.0867 e. The van der Waals surface area contributed by atoms with Gasteiger partial charge in [0.1, 0.15) is 0 Å². The molecule has 4 rings (SSSR count). The second-order valence-corrected chi connectivity index (χ2v) is 33.0. The van der Waals surface area contributed by atoms with E-state index in [-0.39, 0.29) is 0 Å². The van der Waals surface area contributed by atoms with Crippen LogP contribution in [-0.4, -0.2) is 34.7 Å². The molecule has 0 saturated heterocycles. The van der Waals surface area contributed by atoms with Crippen molar-refractivity contribution in [1.29, 1.82) is 0 Å². The Morgan fingerprint density at radius 2 is 0.950 bits per heavy atom. The molecule has 7 heteroatoms. The number of unbranched alkanes of at least 4 members (excludes halogenated alkanes) is 6. The van der Waals surface area contributed by atoms with E-state index >= 15 is 0 Å². The van der Waals surface area contributed by atoms with Crippen LogP contribution in [0.3, 0.4) is 0 Å². The number of nitrogens with zero attached hydrogens (tertiary/aromatic N) is 1. The lowest BCUT2D eigenvalue weighted by atomic mass is 10.1.